The van der Waals surface area contributed by atoms with Crippen molar-refractivity contribution in [2.75, 3.05) is 0 Å². The second-order valence-corrected chi connectivity index (χ2v) is 4.85. The highest BCUT2D eigenvalue weighted by molar-refractivity contribution is 5.19. The van der Waals surface area contributed by atoms with E-state index in [1.807, 2.05) is 23.7 Å². The number of benzene rings is 1. The molecule has 0 saturated heterocycles. The highest BCUT2D eigenvalue weighted by Crippen LogP contribution is 2.12. The molecule has 0 radical (unpaired) electrons. The van der Waals surface area contributed by atoms with Gasteiger partial charge in [0.1, 0.15) is 5.82 Å². The number of nitrogens with zero attached hydrogens (tertiary/aromatic N) is 2. The van der Waals surface area contributed by atoms with E-state index in [1.54, 1.807) is 12.1 Å². The Morgan fingerprint density at radius 2 is 2.05 bits per heavy atom. The second kappa shape index (κ2) is 5.97. The summed E-state index contributed by atoms with van der Waals surface area (Å²) in [6.45, 7) is 4.85. The molecule has 1 atom stereocenters. The smallest absolute Gasteiger partial charge is 0.126 e. The van der Waals surface area contributed by atoms with E-state index in [9.17, 15) is 4.39 Å². The Hall–Kier alpha value is -1.68. The summed E-state index contributed by atoms with van der Waals surface area (Å²) in [5.74, 6) is -0.182. The van der Waals surface area contributed by atoms with Crippen molar-refractivity contribution in [2.24, 2.45) is 5.73 Å². The SMILES string of the molecule is CCn1nc(C)cc1CC(N)Cc1ccccc1F. The molecule has 0 bridgehead atoms. The van der Waals surface area contributed by atoms with E-state index in [1.165, 1.54) is 6.07 Å². The van der Waals surface area contributed by atoms with Crippen molar-refractivity contribution < 1.29 is 4.39 Å². The maximum Gasteiger partial charge on any atom is 0.126 e. The third-order valence-corrected chi connectivity index (χ3v) is 3.20. The molecule has 0 amide bonds. The molecule has 4 heteroatoms. The minimum atomic E-state index is -0.182. The highest BCUT2D eigenvalue weighted by Gasteiger charge is 2.12. The van der Waals surface area contributed by atoms with Gasteiger partial charge in [-0.05, 0) is 38.0 Å². The van der Waals surface area contributed by atoms with Crippen LogP contribution in [0, 0.1) is 12.7 Å². The maximum atomic E-state index is 13.6. The molecule has 0 spiro atoms. The molecule has 0 aliphatic carbocycles. The molecule has 0 fully saturated rings. The largest absolute Gasteiger partial charge is 0.327 e. The van der Waals surface area contributed by atoms with Crippen LogP contribution in [0.4, 0.5) is 4.39 Å². The summed E-state index contributed by atoms with van der Waals surface area (Å²) in [7, 11) is 0. The van der Waals surface area contributed by atoms with E-state index < -0.39 is 0 Å². The van der Waals surface area contributed by atoms with Crippen LogP contribution < -0.4 is 5.73 Å². The van der Waals surface area contributed by atoms with Crippen molar-refractivity contribution in [3.63, 3.8) is 0 Å². The molecular formula is C15H20FN3. The van der Waals surface area contributed by atoms with E-state index >= 15 is 0 Å². The zero-order chi connectivity index (χ0) is 13.8. The van der Waals surface area contributed by atoms with Gasteiger partial charge in [-0.25, -0.2) is 4.39 Å². The predicted molar refractivity (Wildman–Crippen MR) is 74.4 cm³/mol. The van der Waals surface area contributed by atoms with Crippen molar-refractivity contribution in [1.29, 1.82) is 0 Å². The number of halogens is 1. The van der Waals surface area contributed by atoms with Gasteiger partial charge >= 0.3 is 0 Å². The van der Waals surface area contributed by atoms with E-state index in [2.05, 4.69) is 12.0 Å². The zero-order valence-electron chi connectivity index (χ0n) is 11.4. The molecule has 19 heavy (non-hydrogen) atoms. The summed E-state index contributed by atoms with van der Waals surface area (Å²) in [5.41, 5.74) is 8.92. The summed E-state index contributed by atoms with van der Waals surface area (Å²) in [4.78, 5) is 0. The summed E-state index contributed by atoms with van der Waals surface area (Å²) >= 11 is 0. The first kappa shape index (κ1) is 13.7. The molecule has 0 aliphatic rings. The molecule has 0 saturated carbocycles. The lowest BCUT2D eigenvalue weighted by Crippen LogP contribution is -2.27. The fourth-order valence-corrected chi connectivity index (χ4v) is 2.32. The number of hydrogen-bond acceptors (Lipinski definition) is 2. The Morgan fingerprint density at radius 3 is 2.74 bits per heavy atom. The van der Waals surface area contributed by atoms with Gasteiger partial charge < -0.3 is 5.73 Å². The average Bonchev–Trinajstić information content (AvgIpc) is 2.72. The van der Waals surface area contributed by atoms with Gasteiger partial charge in [0.15, 0.2) is 0 Å². The fraction of sp³-hybridized carbons (Fsp3) is 0.400. The molecule has 2 rings (SSSR count). The van der Waals surface area contributed by atoms with Gasteiger partial charge in [0.2, 0.25) is 0 Å². The van der Waals surface area contributed by atoms with Crippen LogP contribution in [-0.4, -0.2) is 15.8 Å². The summed E-state index contributed by atoms with van der Waals surface area (Å²) < 4.78 is 15.5. The van der Waals surface area contributed by atoms with Crippen LogP contribution in [0.3, 0.4) is 0 Å². The first-order valence-corrected chi connectivity index (χ1v) is 6.62. The Morgan fingerprint density at radius 1 is 1.32 bits per heavy atom. The van der Waals surface area contributed by atoms with Crippen LogP contribution in [-0.2, 0) is 19.4 Å². The number of nitrogens with two attached hydrogens (primary N) is 1. The quantitative estimate of drug-likeness (QED) is 0.898. The number of rotatable bonds is 5. The molecule has 1 unspecified atom stereocenters. The van der Waals surface area contributed by atoms with E-state index in [0.29, 0.717) is 18.4 Å². The molecule has 2 aromatic rings. The third-order valence-electron chi connectivity index (χ3n) is 3.20. The predicted octanol–water partition coefficient (Wildman–Crippen LogP) is 2.46. The van der Waals surface area contributed by atoms with Crippen LogP contribution in [0.25, 0.3) is 0 Å². The first-order valence-electron chi connectivity index (χ1n) is 6.62. The molecule has 2 N–H and O–H groups in total. The molecule has 102 valence electrons. The van der Waals surface area contributed by atoms with Crippen molar-refractivity contribution in [1.82, 2.24) is 9.78 Å². The Labute approximate surface area is 113 Å². The van der Waals surface area contributed by atoms with Crippen LogP contribution >= 0.6 is 0 Å². The number of aryl methyl sites for hydroxylation is 2. The van der Waals surface area contributed by atoms with Crippen molar-refractivity contribution in [3.05, 3.63) is 53.1 Å². The Kier molecular flexibility index (Phi) is 4.32. The lowest BCUT2D eigenvalue weighted by atomic mass is 10.0. The molecule has 3 nitrogen and oxygen atoms in total. The number of hydrogen-bond donors (Lipinski definition) is 1. The first-order chi connectivity index (χ1) is 9.10. The fourth-order valence-electron chi connectivity index (χ4n) is 2.32. The summed E-state index contributed by atoms with van der Waals surface area (Å²) in [6.07, 6.45) is 1.25. The van der Waals surface area contributed by atoms with Gasteiger partial charge in [-0.1, -0.05) is 18.2 Å². The molecular weight excluding hydrogens is 241 g/mol. The van der Waals surface area contributed by atoms with Gasteiger partial charge in [-0.15, -0.1) is 0 Å². The van der Waals surface area contributed by atoms with Gasteiger partial charge in [0.25, 0.3) is 0 Å². The average molecular weight is 261 g/mol. The number of aromatic nitrogens is 2. The van der Waals surface area contributed by atoms with E-state index in [4.69, 9.17) is 5.73 Å². The van der Waals surface area contributed by atoms with Crippen LogP contribution in [0.2, 0.25) is 0 Å². The van der Waals surface area contributed by atoms with Crippen molar-refractivity contribution in [2.45, 2.75) is 39.3 Å². The monoisotopic (exact) mass is 261 g/mol. The molecule has 0 aliphatic heterocycles. The normalized spacial score (nSPS) is 12.6. The van der Waals surface area contributed by atoms with Crippen LogP contribution in [0.1, 0.15) is 23.9 Å². The van der Waals surface area contributed by atoms with Crippen molar-refractivity contribution in [3.8, 4) is 0 Å². The van der Waals surface area contributed by atoms with Crippen molar-refractivity contribution >= 4 is 0 Å². The molecule has 1 aromatic carbocycles. The van der Waals surface area contributed by atoms with Gasteiger partial charge in [-0.2, -0.15) is 5.10 Å². The van der Waals surface area contributed by atoms with Gasteiger partial charge in [-0.3, -0.25) is 4.68 Å². The topological polar surface area (TPSA) is 43.8 Å². The second-order valence-electron chi connectivity index (χ2n) is 4.85. The minimum Gasteiger partial charge on any atom is -0.327 e. The Balaban J connectivity index is 2.05. The minimum absolute atomic E-state index is 0.0988. The van der Waals surface area contributed by atoms with Crippen LogP contribution in [0.15, 0.2) is 30.3 Å². The zero-order valence-corrected chi connectivity index (χ0v) is 11.4. The standard InChI is InChI=1S/C15H20FN3/c1-3-19-14(8-11(2)18-19)10-13(17)9-12-6-4-5-7-15(12)16/h4-8,13H,3,9-10,17H2,1-2H3. The third kappa shape index (κ3) is 3.41. The van der Waals surface area contributed by atoms with Crippen LogP contribution in [0.5, 0.6) is 0 Å². The highest BCUT2D eigenvalue weighted by atomic mass is 19.1. The van der Waals surface area contributed by atoms with E-state index in [0.717, 1.165) is 17.9 Å². The van der Waals surface area contributed by atoms with E-state index in [-0.39, 0.29) is 11.9 Å². The van der Waals surface area contributed by atoms with Gasteiger partial charge in [0, 0.05) is 24.7 Å². The Bertz CT molecular complexity index is 548. The van der Waals surface area contributed by atoms with Gasteiger partial charge in [0.05, 0.1) is 5.69 Å². The summed E-state index contributed by atoms with van der Waals surface area (Å²) in [5, 5.41) is 4.39. The lowest BCUT2D eigenvalue weighted by molar-refractivity contribution is 0.556. The molecule has 1 aromatic heterocycles. The maximum absolute atomic E-state index is 13.6. The molecule has 1 heterocycles. The lowest BCUT2D eigenvalue weighted by Gasteiger charge is -2.13. The summed E-state index contributed by atoms with van der Waals surface area (Å²) in [6, 6.07) is 8.74.